The number of nitrogens with one attached hydrogen (secondary N) is 2. The molecule has 3 rings (SSSR count). The van der Waals surface area contributed by atoms with Crippen molar-refractivity contribution in [3.63, 3.8) is 0 Å². The van der Waals surface area contributed by atoms with Gasteiger partial charge in [-0.1, -0.05) is 44.5 Å². The second kappa shape index (κ2) is 7.61. The molecular formula is C20H34N2+2. The predicted molar refractivity (Wildman–Crippen MR) is 92.3 cm³/mol. The smallest absolute Gasteiger partial charge is 0.127 e. The van der Waals surface area contributed by atoms with Gasteiger partial charge in [-0.05, 0) is 30.7 Å². The molecule has 22 heavy (non-hydrogen) atoms. The number of hydrogen-bond acceptors (Lipinski definition) is 0. The second-order valence-electron chi connectivity index (χ2n) is 7.72. The molecule has 1 aromatic rings. The van der Waals surface area contributed by atoms with Crippen LogP contribution in [0, 0.1) is 5.92 Å². The van der Waals surface area contributed by atoms with Crippen LogP contribution in [0.5, 0.6) is 0 Å². The number of rotatable bonds is 4. The molecule has 122 valence electrons. The molecule has 2 heteroatoms. The van der Waals surface area contributed by atoms with Gasteiger partial charge in [-0.15, -0.1) is 0 Å². The van der Waals surface area contributed by atoms with Gasteiger partial charge >= 0.3 is 0 Å². The Morgan fingerprint density at radius 2 is 1.64 bits per heavy atom. The molecule has 0 unspecified atom stereocenters. The van der Waals surface area contributed by atoms with Crippen LogP contribution in [0.2, 0.25) is 0 Å². The van der Waals surface area contributed by atoms with Crippen molar-refractivity contribution in [2.45, 2.75) is 58.5 Å². The highest BCUT2D eigenvalue weighted by molar-refractivity contribution is 5.21. The van der Waals surface area contributed by atoms with Crippen LogP contribution in [0.3, 0.4) is 0 Å². The Bertz CT molecular complexity index is 445. The van der Waals surface area contributed by atoms with Gasteiger partial charge in [-0.3, -0.25) is 0 Å². The summed E-state index contributed by atoms with van der Waals surface area (Å²) in [6, 6.07) is 10.3. The molecule has 2 fully saturated rings. The summed E-state index contributed by atoms with van der Waals surface area (Å²) in [5.41, 5.74) is 2.97. The Kier molecular flexibility index (Phi) is 5.54. The maximum atomic E-state index is 2.45. The molecule has 1 aromatic carbocycles. The van der Waals surface area contributed by atoms with Crippen LogP contribution >= 0.6 is 0 Å². The van der Waals surface area contributed by atoms with Gasteiger partial charge in [-0.2, -0.15) is 0 Å². The molecule has 1 saturated carbocycles. The number of benzene rings is 1. The van der Waals surface area contributed by atoms with E-state index in [9.17, 15) is 0 Å². The Labute approximate surface area is 136 Å². The van der Waals surface area contributed by atoms with Crippen molar-refractivity contribution in [3.8, 4) is 0 Å². The minimum absolute atomic E-state index is 0.966. The van der Waals surface area contributed by atoms with E-state index in [4.69, 9.17) is 0 Å². The summed E-state index contributed by atoms with van der Waals surface area (Å²) in [7, 11) is 0. The summed E-state index contributed by atoms with van der Waals surface area (Å²) in [6.07, 6.45) is 7.04. The number of quaternary nitrogens is 2. The minimum Gasteiger partial charge on any atom is -0.323 e. The fourth-order valence-electron chi connectivity index (χ4n) is 4.50. The topological polar surface area (TPSA) is 8.88 Å². The average Bonchev–Trinajstić information content (AvgIpc) is 2.56. The van der Waals surface area contributed by atoms with Crippen molar-refractivity contribution in [2.75, 3.05) is 26.2 Å². The molecule has 0 spiro atoms. The van der Waals surface area contributed by atoms with E-state index in [1.165, 1.54) is 69.5 Å². The molecule has 0 bridgehead atoms. The van der Waals surface area contributed by atoms with Gasteiger partial charge in [0.2, 0.25) is 0 Å². The zero-order valence-corrected chi connectivity index (χ0v) is 14.5. The average molecular weight is 303 g/mol. The lowest BCUT2D eigenvalue weighted by Gasteiger charge is -2.37. The summed E-state index contributed by atoms with van der Waals surface area (Å²) >= 11 is 0. The molecule has 1 aliphatic heterocycles. The molecule has 2 aliphatic rings. The summed E-state index contributed by atoms with van der Waals surface area (Å²) in [5, 5.41) is 0. The normalized spacial score (nSPS) is 32.8. The number of piperazine rings is 1. The van der Waals surface area contributed by atoms with Gasteiger partial charge < -0.3 is 9.80 Å². The van der Waals surface area contributed by atoms with Crippen LogP contribution in [-0.4, -0.2) is 32.2 Å². The van der Waals surface area contributed by atoms with E-state index in [-0.39, 0.29) is 0 Å². The van der Waals surface area contributed by atoms with Gasteiger partial charge in [0.25, 0.3) is 0 Å². The highest BCUT2D eigenvalue weighted by Gasteiger charge is 2.32. The first kappa shape index (κ1) is 16.0. The summed E-state index contributed by atoms with van der Waals surface area (Å²) < 4.78 is 0. The lowest BCUT2D eigenvalue weighted by Crippen LogP contribution is -3.29. The first-order valence-corrected chi connectivity index (χ1v) is 9.50. The summed E-state index contributed by atoms with van der Waals surface area (Å²) in [5.74, 6) is 0.966. The molecule has 2 nitrogen and oxygen atoms in total. The Hall–Kier alpha value is -0.860. The van der Waals surface area contributed by atoms with Crippen LogP contribution in [0.1, 0.15) is 50.7 Å². The maximum Gasteiger partial charge on any atom is 0.127 e. The van der Waals surface area contributed by atoms with Crippen molar-refractivity contribution in [1.29, 1.82) is 0 Å². The predicted octanol–water partition coefficient (Wildman–Crippen LogP) is 1.11. The van der Waals surface area contributed by atoms with E-state index in [1.54, 1.807) is 4.90 Å². The third kappa shape index (κ3) is 4.11. The van der Waals surface area contributed by atoms with E-state index in [0.29, 0.717) is 0 Å². The van der Waals surface area contributed by atoms with Gasteiger partial charge in [0.15, 0.2) is 0 Å². The molecule has 1 heterocycles. The standard InChI is InChI=1S/C20H32N2/c1-3-18-7-9-19(10-8-18)16-21-11-13-22(14-12-21)20-6-4-5-17(2)15-20/h7-10,17,20H,3-6,11-16H2,1-2H3/p+2/t17-,20+/m0/s1. The van der Waals surface area contributed by atoms with Crippen molar-refractivity contribution >= 4 is 0 Å². The molecule has 0 amide bonds. The molecule has 2 atom stereocenters. The molecule has 1 saturated heterocycles. The molecule has 0 radical (unpaired) electrons. The fraction of sp³-hybridized carbons (Fsp3) is 0.700. The largest absolute Gasteiger partial charge is 0.323 e. The molecular weight excluding hydrogens is 268 g/mol. The van der Waals surface area contributed by atoms with Crippen molar-refractivity contribution < 1.29 is 9.80 Å². The van der Waals surface area contributed by atoms with Gasteiger partial charge in [-0.25, -0.2) is 0 Å². The van der Waals surface area contributed by atoms with Gasteiger partial charge in [0.05, 0.1) is 6.04 Å². The SMILES string of the molecule is CCc1ccc(C[NH+]2CC[NH+]([C@@H]3CCC[C@H](C)C3)CC2)cc1. The van der Waals surface area contributed by atoms with E-state index in [0.717, 1.165) is 18.4 Å². The Morgan fingerprint density at radius 3 is 2.27 bits per heavy atom. The fourth-order valence-corrected chi connectivity index (χ4v) is 4.50. The lowest BCUT2D eigenvalue weighted by molar-refractivity contribution is -1.03. The zero-order chi connectivity index (χ0) is 15.4. The third-order valence-corrected chi connectivity index (χ3v) is 6.00. The third-order valence-electron chi connectivity index (χ3n) is 6.00. The van der Waals surface area contributed by atoms with E-state index in [1.807, 2.05) is 4.90 Å². The monoisotopic (exact) mass is 302 g/mol. The van der Waals surface area contributed by atoms with E-state index >= 15 is 0 Å². The molecule has 2 N–H and O–H groups in total. The first-order chi connectivity index (χ1) is 10.7. The quantitative estimate of drug-likeness (QED) is 0.824. The number of aryl methyl sites for hydroxylation is 1. The van der Waals surface area contributed by atoms with Crippen LogP contribution in [-0.2, 0) is 13.0 Å². The van der Waals surface area contributed by atoms with Crippen molar-refractivity contribution in [1.82, 2.24) is 0 Å². The van der Waals surface area contributed by atoms with Crippen molar-refractivity contribution in [2.24, 2.45) is 5.92 Å². The van der Waals surface area contributed by atoms with Crippen molar-refractivity contribution in [3.05, 3.63) is 35.4 Å². The van der Waals surface area contributed by atoms with Gasteiger partial charge in [0.1, 0.15) is 32.7 Å². The van der Waals surface area contributed by atoms with E-state index in [2.05, 4.69) is 38.1 Å². The highest BCUT2D eigenvalue weighted by atomic mass is 15.3. The maximum absolute atomic E-state index is 2.45. The molecule has 0 aromatic heterocycles. The first-order valence-electron chi connectivity index (χ1n) is 9.50. The Morgan fingerprint density at radius 1 is 0.955 bits per heavy atom. The summed E-state index contributed by atoms with van der Waals surface area (Å²) in [6.45, 7) is 11.4. The highest BCUT2D eigenvalue weighted by Crippen LogP contribution is 2.21. The van der Waals surface area contributed by atoms with Crippen LogP contribution < -0.4 is 9.80 Å². The van der Waals surface area contributed by atoms with Gasteiger partial charge in [0, 0.05) is 12.0 Å². The van der Waals surface area contributed by atoms with Crippen LogP contribution in [0.4, 0.5) is 0 Å². The second-order valence-corrected chi connectivity index (χ2v) is 7.72. The number of hydrogen-bond donors (Lipinski definition) is 2. The minimum atomic E-state index is 0.966. The lowest BCUT2D eigenvalue weighted by atomic mass is 9.86. The molecule has 1 aliphatic carbocycles. The van der Waals surface area contributed by atoms with Crippen LogP contribution in [0.15, 0.2) is 24.3 Å². The van der Waals surface area contributed by atoms with Crippen LogP contribution in [0.25, 0.3) is 0 Å². The Balaban J connectivity index is 1.46. The summed E-state index contributed by atoms with van der Waals surface area (Å²) in [4.78, 5) is 3.70. The zero-order valence-electron chi connectivity index (χ0n) is 14.5. The van der Waals surface area contributed by atoms with E-state index < -0.39 is 0 Å².